The molecule has 8 heteroatoms. The van der Waals surface area contributed by atoms with Gasteiger partial charge in [-0.2, -0.15) is 4.98 Å². The predicted octanol–water partition coefficient (Wildman–Crippen LogP) is 3.16. The molecule has 0 unspecified atom stereocenters. The Kier molecular flexibility index (Phi) is 5.51. The predicted molar refractivity (Wildman–Crippen MR) is 111 cm³/mol. The van der Waals surface area contributed by atoms with E-state index in [4.69, 9.17) is 14.7 Å². The first kappa shape index (κ1) is 19.4. The number of aromatic nitrogens is 3. The molecule has 0 aliphatic carbocycles. The van der Waals surface area contributed by atoms with E-state index >= 15 is 0 Å². The summed E-state index contributed by atoms with van der Waals surface area (Å²) in [5, 5.41) is 2.92. The fourth-order valence-electron chi connectivity index (χ4n) is 3.67. The van der Waals surface area contributed by atoms with Gasteiger partial charge in [0, 0.05) is 31.7 Å². The third-order valence-electron chi connectivity index (χ3n) is 5.20. The second kappa shape index (κ2) is 8.23. The highest BCUT2D eigenvalue weighted by Gasteiger charge is 2.28. The molecule has 0 atom stereocenters. The number of carbonyl (C=O) groups is 1. The van der Waals surface area contributed by atoms with Crippen LogP contribution in [0.2, 0.25) is 0 Å². The highest BCUT2D eigenvalue weighted by molar-refractivity contribution is 5.89. The van der Waals surface area contributed by atoms with Crippen molar-refractivity contribution >= 4 is 17.7 Å². The molecule has 8 nitrogen and oxygen atoms in total. The number of rotatable bonds is 4. The standard InChI is InChI=1S/C21H28N6O2/c1-14(2)29-19-17-13-27(21(28)23-16-7-6-15(3)22-12-16)11-8-18(17)24-20(25-19)26-9-4-5-10-26/h6-7,12,14H,4-5,8-11,13H2,1-3H3,(H,23,28). The van der Waals surface area contributed by atoms with E-state index in [1.165, 1.54) is 12.8 Å². The fourth-order valence-corrected chi connectivity index (χ4v) is 3.67. The zero-order valence-corrected chi connectivity index (χ0v) is 17.3. The van der Waals surface area contributed by atoms with Crippen LogP contribution in [0.4, 0.5) is 16.4 Å². The molecule has 0 spiro atoms. The summed E-state index contributed by atoms with van der Waals surface area (Å²) in [6.07, 6.45) is 4.70. The van der Waals surface area contributed by atoms with Crippen molar-refractivity contribution in [3.8, 4) is 5.88 Å². The van der Waals surface area contributed by atoms with Gasteiger partial charge in [-0.3, -0.25) is 4.98 Å². The van der Waals surface area contributed by atoms with Crippen LogP contribution in [0.5, 0.6) is 5.88 Å². The molecule has 4 rings (SSSR count). The van der Waals surface area contributed by atoms with Crippen molar-refractivity contribution in [2.24, 2.45) is 0 Å². The van der Waals surface area contributed by atoms with E-state index in [0.717, 1.165) is 36.0 Å². The van der Waals surface area contributed by atoms with Crippen LogP contribution in [-0.2, 0) is 13.0 Å². The van der Waals surface area contributed by atoms with Gasteiger partial charge in [-0.15, -0.1) is 0 Å². The third-order valence-corrected chi connectivity index (χ3v) is 5.20. The van der Waals surface area contributed by atoms with Crippen LogP contribution in [0.3, 0.4) is 0 Å². The number of carbonyl (C=O) groups excluding carboxylic acids is 1. The Morgan fingerprint density at radius 1 is 1.17 bits per heavy atom. The van der Waals surface area contributed by atoms with Crippen molar-refractivity contribution < 1.29 is 9.53 Å². The van der Waals surface area contributed by atoms with Gasteiger partial charge in [0.25, 0.3) is 0 Å². The highest BCUT2D eigenvalue weighted by atomic mass is 16.5. The number of urea groups is 1. The number of nitrogens with one attached hydrogen (secondary N) is 1. The molecule has 1 N–H and O–H groups in total. The Bertz CT molecular complexity index is 877. The van der Waals surface area contributed by atoms with E-state index in [0.29, 0.717) is 31.1 Å². The Morgan fingerprint density at radius 2 is 1.97 bits per heavy atom. The number of anilines is 2. The lowest BCUT2D eigenvalue weighted by molar-refractivity contribution is 0.198. The molecule has 0 aromatic carbocycles. The summed E-state index contributed by atoms with van der Waals surface area (Å²) in [6, 6.07) is 3.58. The molecule has 29 heavy (non-hydrogen) atoms. The summed E-state index contributed by atoms with van der Waals surface area (Å²) in [7, 11) is 0. The van der Waals surface area contributed by atoms with Crippen molar-refractivity contribution in [1.29, 1.82) is 0 Å². The number of pyridine rings is 1. The monoisotopic (exact) mass is 396 g/mol. The SMILES string of the molecule is Cc1ccc(NC(=O)N2CCc3nc(N4CCCC4)nc(OC(C)C)c3C2)cn1. The van der Waals surface area contributed by atoms with Crippen molar-refractivity contribution in [3.63, 3.8) is 0 Å². The molecular weight excluding hydrogens is 368 g/mol. The Balaban J connectivity index is 1.55. The molecule has 0 saturated carbocycles. The van der Waals surface area contributed by atoms with Crippen LogP contribution >= 0.6 is 0 Å². The van der Waals surface area contributed by atoms with Crippen molar-refractivity contribution in [3.05, 3.63) is 35.3 Å². The van der Waals surface area contributed by atoms with Crippen LogP contribution < -0.4 is 15.0 Å². The molecule has 154 valence electrons. The topological polar surface area (TPSA) is 83.5 Å². The first-order valence-corrected chi connectivity index (χ1v) is 10.3. The van der Waals surface area contributed by atoms with Crippen LogP contribution in [0.1, 0.15) is 43.6 Å². The summed E-state index contributed by atoms with van der Waals surface area (Å²) in [6.45, 7) is 8.90. The second-order valence-corrected chi connectivity index (χ2v) is 7.90. The number of aryl methyl sites for hydroxylation is 1. The molecule has 1 saturated heterocycles. The minimum Gasteiger partial charge on any atom is -0.475 e. The molecular formula is C21H28N6O2. The van der Waals surface area contributed by atoms with Crippen molar-refractivity contribution in [2.45, 2.75) is 52.7 Å². The van der Waals surface area contributed by atoms with E-state index in [1.54, 1.807) is 11.1 Å². The van der Waals surface area contributed by atoms with Crippen LogP contribution in [-0.4, -0.2) is 51.6 Å². The summed E-state index contributed by atoms with van der Waals surface area (Å²) in [4.78, 5) is 30.5. The smallest absolute Gasteiger partial charge is 0.322 e. The van der Waals surface area contributed by atoms with Crippen LogP contribution in [0, 0.1) is 6.92 Å². The lowest BCUT2D eigenvalue weighted by Gasteiger charge is -2.30. The Hall–Kier alpha value is -2.90. The average Bonchev–Trinajstić information content (AvgIpc) is 3.24. The van der Waals surface area contributed by atoms with E-state index in [1.807, 2.05) is 32.9 Å². The Morgan fingerprint density at radius 3 is 2.66 bits per heavy atom. The number of nitrogens with zero attached hydrogens (tertiary/aromatic N) is 5. The summed E-state index contributed by atoms with van der Waals surface area (Å²) >= 11 is 0. The van der Waals surface area contributed by atoms with Crippen LogP contribution in [0.15, 0.2) is 18.3 Å². The zero-order valence-electron chi connectivity index (χ0n) is 17.3. The van der Waals surface area contributed by atoms with Gasteiger partial charge in [0.15, 0.2) is 0 Å². The van der Waals surface area contributed by atoms with Crippen molar-refractivity contribution in [2.75, 3.05) is 29.9 Å². The van der Waals surface area contributed by atoms with E-state index < -0.39 is 0 Å². The van der Waals surface area contributed by atoms with E-state index in [-0.39, 0.29) is 12.1 Å². The summed E-state index contributed by atoms with van der Waals surface area (Å²) in [5.74, 6) is 1.35. The quantitative estimate of drug-likeness (QED) is 0.855. The van der Waals surface area contributed by atoms with E-state index in [9.17, 15) is 4.79 Å². The molecule has 0 bridgehead atoms. The fraction of sp³-hybridized carbons (Fsp3) is 0.524. The van der Waals surface area contributed by atoms with Gasteiger partial charge in [-0.1, -0.05) is 0 Å². The van der Waals surface area contributed by atoms with Gasteiger partial charge >= 0.3 is 6.03 Å². The zero-order chi connectivity index (χ0) is 20.4. The van der Waals surface area contributed by atoms with Gasteiger partial charge in [0.05, 0.1) is 35.8 Å². The number of ether oxygens (including phenoxy) is 1. The van der Waals surface area contributed by atoms with Crippen LogP contribution in [0.25, 0.3) is 0 Å². The highest BCUT2D eigenvalue weighted by Crippen LogP contribution is 2.30. The normalized spacial score (nSPS) is 16.1. The number of hydrogen-bond acceptors (Lipinski definition) is 6. The molecule has 2 aliphatic rings. The molecule has 2 amide bonds. The maximum Gasteiger partial charge on any atom is 0.322 e. The maximum atomic E-state index is 12.8. The molecule has 2 aromatic heterocycles. The molecule has 4 heterocycles. The van der Waals surface area contributed by atoms with Gasteiger partial charge in [-0.25, -0.2) is 9.78 Å². The second-order valence-electron chi connectivity index (χ2n) is 7.90. The molecule has 1 fully saturated rings. The van der Waals surface area contributed by atoms with Crippen molar-refractivity contribution in [1.82, 2.24) is 19.9 Å². The Labute approximate surface area is 171 Å². The van der Waals surface area contributed by atoms with Gasteiger partial charge in [0.1, 0.15) is 0 Å². The minimum absolute atomic E-state index is 0.00302. The van der Waals surface area contributed by atoms with E-state index in [2.05, 4.69) is 15.2 Å². The lowest BCUT2D eigenvalue weighted by atomic mass is 10.1. The number of amides is 2. The number of hydrogen-bond donors (Lipinski definition) is 1. The van der Waals surface area contributed by atoms with Gasteiger partial charge < -0.3 is 19.9 Å². The molecule has 2 aliphatic heterocycles. The first-order valence-electron chi connectivity index (χ1n) is 10.3. The third kappa shape index (κ3) is 4.41. The largest absolute Gasteiger partial charge is 0.475 e. The molecule has 2 aromatic rings. The minimum atomic E-state index is -0.152. The van der Waals surface area contributed by atoms with Gasteiger partial charge in [-0.05, 0) is 45.7 Å². The average molecular weight is 396 g/mol. The molecule has 0 radical (unpaired) electrons. The van der Waals surface area contributed by atoms with Gasteiger partial charge in [0.2, 0.25) is 11.8 Å². The maximum absolute atomic E-state index is 12.8. The summed E-state index contributed by atoms with van der Waals surface area (Å²) < 4.78 is 6.03. The number of fused-ring (bicyclic) bond motifs is 1. The lowest BCUT2D eigenvalue weighted by Crippen LogP contribution is -2.40. The summed E-state index contributed by atoms with van der Waals surface area (Å²) in [5.41, 5.74) is 3.49. The first-order chi connectivity index (χ1) is 14.0.